The van der Waals surface area contributed by atoms with E-state index >= 15 is 0 Å². The van der Waals surface area contributed by atoms with E-state index in [1.807, 2.05) is 0 Å². The van der Waals surface area contributed by atoms with E-state index in [1.54, 1.807) is 0 Å². The van der Waals surface area contributed by atoms with E-state index in [2.05, 4.69) is 0 Å². The van der Waals surface area contributed by atoms with Gasteiger partial charge in [0.25, 0.3) is 10.0 Å². The van der Waals surface area contributed by atoms with Crippen molar-refractivity contribution in [2.24, 2.45) is 0 Å². The van der Waals surface area contributed by atoms with Crippen molar-refractivity contribution >= 4 is 20.1 Å². The first-order chi connectivity index (χ1) is 20.0. The van der Waals surface area contributed by atoms with E-state index in [1.165, 1.54) is 14.1 Å². The molecule has 0 radical (unpaired) electrons. The van der Waals surface area contributed by atoms with Gasteiger partial charge >= 0.3 is 41.0 Å². The number of rotatable bonds is 19. The lowest BCUT2D eigenvalue weighted by Crippen LogP contribution is -2.74. The Labute approximate surface area is 250 Å². The molecule has 27 heteroatoms. The second-order valence-corrected chi connectivity index (χ2v) is 13.9. The highest BCUT2D eigenvalue weighted by molar-refractivity contribution is 7.90. The number of halogens is 15. The Morgan fingerprint density at radius 2 is 1.13 bits per heavy atom. The van der Waals surface area contributed by atoms with Gasteiger partial charge in [-0.15, -0.1) is 0 Å². The van der Waals surface area contributed by atoms with Gasteiger partial charge in [0.2, 0.25) is 0 Å². The van der Waals surface area contributed by atoms with Gasteiger partial charge in [-0.05, 0) is 6.42 Å². The summed E-state index contributed by atoms with van der Waals surface area (Å²) in [6, 6.07) is -2.56. The number of aliphatic hydroxyl groups is 3. The number of aliphatic hydroxyl groups excluding tert-OH is 3. The van der Waals surface area contributed by atoms with Crippen LogP contribution in [0.4, 0.5) is 65.9 Å². The summed E-state index contributed by atoms with van der Waals surface area (Å²) in [5.74, 6) is -44.7. The molecule has 2 atom stereocenters. The standard InChI is InChI=1S/C19H27F15N2O8S2/c1-36(2,8-12(39)10-38)6-4-11(9-37)35(5-3-7-45(40,41)42)46(43,44)19(33,34)17(28,29)15(24,25)13(20,21)14(22,23)16(26,27)18(30,31)32/h11-12,37-39H,3-10H2,1-2H3. The molecular formula is C19H27F15N2O8S2. The molecule has 278 valence electrons. The van der Waals surface area contributed by atoms with Crippen LogP contribution >= 0.6 is 0 Å². The van der Waals surface area contributed by atoms with Crippen LogP contribution in [0.5, 0.6) is 0 Å². The van der Waals surface area contributed by atoms with E-state index in [-0.39, 0.29) is 0 Å². The Bertz CT molecular complexity index is 1250. The molecule has 0 bridgehead atoms. The van der Waals surface area contributed by atoms with Gasteiger partial charge in [-0.1, -0.05) is 0 Å². The SMILES string of the molecule is C[N+](C)(CCC(CO)N(CCCS(=O)(=O)[O-])S(=O)(=O)C(F)(F)C(F)(F)C(F)(F)C(F)(F)C(F)(F)C(F)(F)C(F)(F)F)CC(O)CO. The third-order valence-corrected chi connectivity index (χ3v) is 9.10. The number of quaternary nitrogens is 1. The summed E-state index contributed by atoms with van der Waals surface area (Å²) < 4.78 is 261. The molecule has 0 fully saturated rings. The first-order valence-electron chi connectivity index (χ1n) is 12.0. The molecular weight excluding hydrogens is 733 g/mol. The summed E-state index contributed by atoms with van der Waals surface area (Å²) >= 11 is 0. The highest BCUT2D eigenvalue weighted by atomic mass is 32.2. The van der Waals surface area contributed by atoms with E-state index in [4.69, 9.17) is 5.11 Å². The molecule has 0 saturated heterocycles. The number of hydrogen-bond donors (Lipinski definition) is 3. The molecule has 0 heterocycles. The van der Waals surface area contributed by atoms with Crippen LogP contribution in [0.25, 0.3) is 0 Å². The molecule has 10 nitrogen and oxygen atoms in total. The fourth-order valence-corrected chi connectivity index (χ4v) is 5.87. The van der Waals surface area contributed by atoms with Gasteiger partial charge < -0.3 is 24.4 Å². The molecule has 0 aliphatic carbocycles. The first kappa shape index (κ1) is 44.6. The number of alkyl halides is 15. The second-order valence-electron chi connectivity index (χ2n) is 10.4. The normalized spacial score (nSPS) is 17.0. The zero-order chi connectivity index (χ0) is 37.4. The molecule has 0 aliphatic rings. The molecule has 3 N–H and O–H groups in total. The summed E-state index contributed by atoms with van der Waals surface area (Å²) in [5.41, 5.74) is 0. The molecule has 0 aliphatic heterocycles. The van der Waals surface area contributed by atoms with E-state index in [0.29, 0.717) is 0 Å². The van der Waals surface area contributed by atoms with Crippen LogP contribution in [-0.2, 0) is 20.1 Å². The number of likely N-dealkylation sites (N-methyl/N-ethyl adjacent to an activating group) is 1. The van der Waals surface area contributed by atoms with Crippen LogP contribution in [0.2, 0.25) is 0 Å². The summed E-state index contributed by atoms with van der Waals surface area (Å²) in [6.07, 6.45) is -11.9. The topological polar surface area (TPSA) is 155 Å². The van der Waals surface area contributed by atoms with Crippen molar-refractivity contribution in [1.82, 2.24) is 4.31 Å². The molecule has 0 amide bonds. The van der Waals surface area contributed by atoms with Gasteiger partial charge in [0.05, 0.1) is 50.0 Å². The van der Waals surface area contributed by atoms with Crippen LogP contribution < -0.4 is 0 Å². The van der Waals surface area contributed by atoms with Crippen molar-refractivity contribution in [1.29, 1.82) is 0 Å². The highest BCUT2D eigenvalue weighted by Gasteiger charge is 2.94. The summed E-state index contributed by atoms with van der Waals surface area (Å²) in [6.45, 7) is -5.62. The summed E-state index contributed by atoms with van der Waals surface area (Å²) in [5, 5.41) is 20.2. The quantitative estimate of drug-likeness (QED) is 0.103. The first-order valence-corrected chi connectivity index (χ1v) is 15.0. The van der Waals surface area contributed by atoms with Gasteiger partial charge in [-0.25, -0.2) is 16.8 Å². The van der Waals surface area contributed by atoms with Crippen molar-refractivity contribution in [3.8, 4) is 0 Å². The Morgan fingerprint density at radius 1 is 0.717 bits per heavy atom. The third kappa shape index (κ3) is 8.42. The largest absolute Gasteiger partial charge is 0.748 e. The van der Waals surface area contributed by atoms with Crippen molar-refractivity contribution < 1.29 is 107 Å². The number of sulfonamides is 1. The molecule has 0 spiro atoms. The summed E-state index contributed by atoms with van der Waals surface area (Å²) in [7, 11) is -10.8. The smallest absolute Gasteiger partial charge is 0.460 e. The van der Waals surface area contributed by atoms with Crippen molar-refractivity contribution in [3.63, 3.8) is 0 Å². The zero-order valence-electron chi connectivity index (χ0n) is 23.1. The Balaban J connectivity index is 7.14. The average molecular weight is 761 g/mol. The molecule has 2 unspecified atom stereocenters. The van der Waals surface area contributed by atoms with Crippen molar-refractivity contribution in [2.45, 2.75) is 66.0 Å². The predicted octanol–water partition coefficient (Wildman–Crippen LogP) is 2.07. The van der Waals surface area contributed by atoms with Crippen LogP contribution in [0.3, 0.4) is 0 Å². The average Bonchev–Trinajstić information content (AvgIpc) is 2.85. The lowest BCUT2D eigenvalue weighted by molar-refractivity contribution is -0.893. The Kier molecular flexibility index (Phi) is 13.4. The van der Waals surface area contributed by atoms with Gasteiger partial charge in [-0.2, -0.15) is 70.2 Å². The molecule has 0 aromatic carbocycles. The van der Waals surface area contributed by atoms with Gasteiger partial charge in [0.15, 0.2) is 0 Å². The zero-order valence-corrected chi connectivity index (χ0v) is 24.7. The minimum Gasteiger partial charge on any atom is -0.748 e. The molecule has 0 saturated carbocycles. The monoisotopic (exact) mass is 760 g/mol. The number of nitrogens with zero attached hydrogens (tertiary/aromatic N) is 2. The minimum atomic E-state index is -8.78. The fourth-order valence-electron chi connectivity index (χ4n) is 3.70. The highest BCUT2D eigenvalue weighted by Crippen LogP contribution is 2.63. The van der Waals surface area contributed by atoms with Crippen LogP contribution in [-0.4, -0.2) is 151 Å². The lowest BCUT2D eigenvalue weighted by atomic mass is 9.94. The van der Waals surface area contributed by atoms with E-state index in [0.717, 1.165) is 0 Å². The van der Waals surface area contributed by atoms with Gasteiger partial charge in [0.1, 0.15) is 12.6 Å². The molecule has 0 aromatic heterocycles. The van der Waals surface area contributed by atoms with Crippen LogP contribution in [0.1, 0.15) is 12.8 Å². The molecule has 0 aromatic rings. The second kappa shape index (κ2) is 13.9. The summed E-state index contributed by atoms with van der Waals surface area (Å²) in [4.78, 5) is 0. The van der Waals surface area contributed by atoms with Crippen molar-refractivity contribution in [3.05, 3.63) is 0 Å². The van der Waals surface area contributed by atoms with E-state index in [9.17, 15) is 97.5 Å². The molecule has 46 heavy (non-hydrogen) atoms. The van der Waals surface area contributed by atoms with Gasteiger partial charge in [-0.3, -0.25) is 0 Å². The van der Waals surface area contributed by atoms with E-state index < -0.39 is 134 Å². The maximum Gasteiger partial charge on any atom is 0.460 e. The maximum atomic E-state index is 14.9. The van der Waals surface area contributed by atoms with Crippen LogP contribution in [0.15, 0.2) is 0 Å². The predicted molar refractivity (Wildman–Crippen MR) is 121 cm³/mol. The third-order valence-electron chi connectivity index (χ3n) is 6.31. The fraction of sp³-hybridized carbons (Fsp3) is 1.00. The van der Waals surface area contributed by atoms with Gasteiger partial charge in [0, 0.05) is 18.7 Å². The van der Waals surface area contributed by atoms with Crippen LogP contribution in [0, 0.1) is 0 Å². The lowest BCUT2D eigenvalue weighted by Gasteiger charge is -2.42. The molecule has 0 rings (SSSR count). The Morgan fingerprint density at radius 3 is 1.50 bits per heavy atom. The minimum absolute atomic E-state index is 0.442. The Hall–Kier alpha value is -1.39. The maximum absolute atomic E-state index is 14.9. The van der Waals surface area contributed by atoms with Crippen molar-refractivity contribution in [2.75, 3.05) is 52.7 Å². The number of hydrogen-bond acceptors (Lipinski definition) is 8.